The van der Waals surface area contributed by atoms with E-state index in [-0.39, 0.29) is 23.3 Å². The van der Waals surface area contributed by atoms with E-state index in [1.54, 1.807) is 38.1 Å². The maximum absolute atomic E-state index is 12.0. The number of rotatable bonds is 13. The number of nitrogens with one attached hydrogen (secondary N) is 2. The summed E-state index contributed by atoms with van der Waals surface area (Å²) >= 11 is 0. The van der Waals surface area contributed by atoms with Gasteiger partial charge in [0.05, 0.1) is 36.1 Å². The molecule has 0 aliphatic heterocycles. The predicted molar refractivity (Wildman–Crippen MR) is 237 cm³/mol. The molecule has 308 valence electrons. The lowest BCUT2D eigenvalue weighted by Crippen LogP contribution is -2.40. The van der Waals surface area contributed by atoms with E-state index in [1.165, 1.54) is 6.92 Å². The van der Waals surface area contributed by atoms with Crippen LogP contribution >= 0.6 is 0 Å². The van der Waals surface area contributed by atoms with Crippen molar-refractivity contribution in [3.05, 3.63) is 102 Å². The molecule has 0 aliphatic carbocycles. The largest absolute Gasteiger partial charge is 0.493 e. The highest BCUT2D eigenvalue weighted by Gasteiger charge is 2.15. The second kappa shape index (κ2) is 27.2. The summed E-state index contributed by atoms with van der Waals surface area (Å²) in [5, 5.41) is 9.19. The number of amides is 1. The van der Waals surface area contributed by atoms with Crippen molar-refractivity contribution < 1.29 is 19.1 Å². The lowest BCUT2D eigenvalue weighted by atomic mass is 10.1. The molecule has 0 spiro atoms. The number of aliphatic imine (C=N–C) groups is 2. The minimum Gasteiger partial charge on any atom is -0.493 e. The van der Waals surface area contributed by atoms with Gasteiger partial charge >= 0.3 is 5.97 Å². The molecule has 0 radical (unpaired) electrons. The maximum Gasteiger partial charge on any atom is 0.338 e. The number of ether oxygens (including phenoxy) is 2. The van der Waals surface area contributed by atoms with E-state index in [0.717, 1.165) is 60.6 Å². The van der Waals surface area contributed by atoms with Crippen LogP contribution in [0.1, 0.15) is 127 Å². The normalized spacial score (nSPS) is 11.2. The highest BCUT2D eigenvalue weighted by molar-refractivity contribution is 5.96. The van der Waals surface area contributed by atoms with Gasteiger partial charge in [0.25, 0.3) is 5.91 Å². The summed E-state index contributed by atoms with van der Waals surface area (Å²) in [6.45, 7) is 26.7. The van der Waals surface area contributed by atoms with Gasteiger partial charge in [-0.1, -0.05) is 77.7 Å². The van der Waals surface area contributed by atoms with Crippen molar-refractivity contribution in [3.8, 4) is 0 Å². The van der Waals surface area contributed by atoms with Crippen LogP contribution in [0.25, 0.3) is 5.76 Å². The van der Waals surface area contributed by atoms with Crippen molar-refractivity contribution in [2.45, 2.75) is 107 Å². The average Bonchev–Trinajstić information content (AvgIpc) is 3.12. The Hall–Kier alpha value is -5.45. The van der Waals surface area contributed by atoms with Gasteiger partial charge in [0.2, 0.25) is 0 Å². The zero-order valence-electron chi connectivity index (χ0n) is 35.8. The highest BCUT2D eigenvalue weighted by Crippen LogP contribution is 2.19. The molecule has 11 nitrogen and oxygen atoms in total. The number of hydrogen-bond donors (Lipinski definition) is 5. The Bertz CT molecular complexity index is 1590. The number of hydrogen-bond acceptors (Lipinski definition) is 7. The van der Waals surface area contributed by atoms with Gasteiger partial charge in [0, 0.05) is 22.4 Å². The van der Waals surface area contributed by atoms with Crippen LogP contribution in [0.3, 0.4) is 0 Å². The Morgan fingerprint density at radius 1 is 0.750 bits per heavy atom. The van der Waals surface area contributed by atoms with E-state index in [2.05, 4.69) is 49.6 Å². The number of carbonyl (C=O) groups excluding carboxylic acids is 2. The minimum atomic E-state index is -0.252. The molecule has 0 fully saturated rings. The van der Waals surface area contributed by atoms with E-state index in [4.69, 9.17) is 32.1 Å². The summed E-state index contributed by atoms with van der Waals surface area (Å²) in [5.74, 6) is 2.73. The molecule has 3 aromatic carbocycles. The molecule has 0 aliphatic rings. The zero-order valence-corrected chi connectivity index (χ0v) is 35.8. The summed E-state index contributed by atoms with van der Waals surface area (Å²) in [7, 11) is 0. The molecule has 11 heteroatoms. The van der Waals surface area contributed by atoms with Gasteiger partial charge < -0.3 is 32.0 Å². The van der Waals surface area contributed by atoms with Crippen molar-refractivity contribution >= 4 is 46.5 Å². The first kappa shape index (κ1) is 50.5. The summed E-state index contributed by atoms with van der Waals surface area (Å²) in [6, 6.07) is 22.1. The second-order valence-electron chi connectivity index (χ2n) is 14.5. The third-order valence-electron chi connectivity index (χ3n) is 8.02. The Morgan fingerprint density at radius 2 is 1.18 bits per heavy atom. The zero-order chi connectivity index (χ0) is 42.8. The van der Waals surface area contributed by atoms with Gasteiger partial charge in [-0.05, 0) is 121 Å². The number of anilines is 1. The van der Waals surface area contributed by atoms with Crippen molar-refractivity contribution in [1.82, 2.24) is 5.32 Å². The smallest absolute Gasteiger partial charge is 0.338 e. The number of amidine groups is 3. The number of carbonyl (C=O) groups is 2. The van der Waals surface area contributed by atoms with E-state index >= 15 is 0 Å². The van der Waals surface area contributed by atoms with Gasteiger partial charge in [-0.3, -0.25) is 10.2 Å². The standard InChI is InChI=1S/C15H22N4O.C14H21NO.C14H20O2.C2H6N2/c1-10(16)17-11(2)18-13-8-6-12(7-9-13)14(20)19-15(3,4)5;1-4-12(5-2)10-16-11(3)13-6-8-14(15)9-7-13;1-4-12(5-2)10-16-14(15)13-8-6-11(3)7-9-13;1-2(3)4/h6-9H,1-5H3,(H,19,20)(H2,16,17,18);6-9,12H,3-5,10,15H2,1-2H3;6-9,12H,4-5,10H2,1-3H3;1H3,(H3,3,4). The Kier molecular flexibility index (Phi) is 24.5. The lowest BCUT2D eigenvalue weighted by molar-refractivity contribution is 0.0433. The van der Waals surface area contributed by atoms with Gasteiger partial charge in [-0.15, -0.1) is 0 Å². The Labute approximate surface area is 336 Å². The van der Waals surface area contributed by atoms with Gasteiger partial charge in [-0.25, -0.2) is 14.8 Å². The van der Waals surface area contributed by atoms with Crippen LogP contribution < -0.4 is 22.5 Å². The van der Waals surface area contributed by atoms with Crippen molar-refractivity contribution in [2.75, 3.05) is 18.9 Å². The molecule has 1 amide bonds. The molecule has 56 heavy (non-hydrogen) atoms. The molecule has 3 rings (SSSR count). The maximum atomic E-state index is 12.0. The van der Waals surface area contributed by atoms with Crippen LogP contribution in [0.4, 0.5) is 11.4 Å². The van der Waals surface area contributed by atoms with E-state index < -0.39 is 0 Å². The van der Waals surface area contributed by atoms with Crippen molar-refractivity contribution in [1.29, 1.82) is 5.41 Å². The quantitative estimate of drug-likeness (QED) is 0.0375. The fourth-order valence-electron chi connectivity index (χ4n) is 4.55. The molecule has 0 unspecified atom stereocenters. The first-order valence-electron chi connectivity index (χ1n) is 19.2. The number of aryl methyl sites for hydroxylation is 1. The fourth-order valence-corrected chi connectivity index (χ4v) is 4.55. The fraction of sp³-hybridized carbons (Fsp3) is 0.444. The minimum absolute atomic E-state index is 0.0967. The lowest BCUT2D eigenvalue weighted by Gasteiger charge is -2.20. The van der Waals surface area contributed by atoms with Crippen LogP contribution in [0, 0.1) is 24.2 Å². The van der Waals surface area contributed by atoms with Crippen molar-refractivity contribution in [2.24, 2.45) is 33.3 Å². The third kappa shape index (κ3) is 24.1. The van der Waals surface area contributed by atoms with Crippen LogP contribution in [0.15, 0.2) is 89.4 Å². The van der Waals surface area contributed by atoms with E-state index in [0.29, 0.717) is 41.2 Å². The number of nitrogen functional groups attached to an aromatic ring is 1. The van der Waals surface area contributed by atoms with Crippen LogP contribution in [-0.4, -0.2) is 48.1 Å². The molecule has 8 N–H and O–H groups in total. The monoisotopic (exact) mass is 772 g/mol. The number of esters is 1. The molecule has 0 aromatic heterocycles. The van der Waals surface area contributed by atoms with Crippen molar-refractivity contribution in [3.63, 3.8) is 0 Å². The molecular weight excluding hydrogens is 703 g/mol. The Morgan fingerprint density at radius 3 is 1.61 bits per heavy atom. The molecule has 0 heterocycles. The summed E-state index contributed by atoms with van der Waals surface area (Å²) in [4.78, 5) is 32.0. The molecular formula is C45H69N7O4. The van der Waals surface area contributed by atoms with Gasteiger partial charge in [0.1, 0.15) is 11.6 Å². The topological polar surface area (TPSA) is 191 Å². The molecule has 3 aromatic rings. The molecule has 0 atom stereocenters. The van der Waals surface area contributed by atoms with Crippen LogP contribution in [0.2, 0.25) is 0 Å². The number of nitrogens with zero attached hydrogens (tertiary/aromatic N) is 2. The predicted octanol–water partition coefficient (Wildman–Crippen LogP) is 9.86. The summed E-state index contributed by atoms with van der Waals surface area (Å²) in [6.07, 6.45) is 4.40. The van der Waals surface area contributed by atoms with Crippen LogP contribution in [0.5, 0.6) is 0 Å². The van der Waals surface area contributed by atoms with E-state index in [1.807, 2.05) is 76.2 Å². The number of benzene rings is 3. The van der Waals surface area contributed by atoms with Gasteiger partial charge in [0.15, 0.2) is 0 Å². The first-order chi connectivity index (χ1) is 26.2. The number of nitrogens with two attached hydrogens (primary N) is 3. The second-order valence-corrected chi connectivity index (χ2v) is 14.5. The highest BCUT2D eigenvalue weighted by atomic mass is 16.5. The van der Waals surface area contributed by atoms with E-state index in [9.17, 15) is 9.59 Å². The SMILES string of the molecule is C=C(OCC(CC)CC)c1ccc(N)cc1.CC(=N)N.CC(N)=NC(C)=Nc1ccc(C(=O)NC(C)(C)C)cc1.CCC(CC)COC(=O)c1ccc(C)cc1. The van der Waals surface area contributed by atoms with Crippen LogP contribution in [-0.2, 0) is 9.47 Å². The molecule has 0 saturated carbocycles. The summed E-state index contributed by atoms with van der Waals surface area (Å²) in [5.41, 5.74) is 20.4. The third-order valence-corrected chi connectivity index (χ3v) is 8.02. The average molecular weight is 772 g/mol. The molecule has 0 saturated heterocycles. The molecule has 0 bridgehead atoms. The summed E-state index contributed by atoms with van der Waals surface area (Å²) < 4.78 is 10.9. The first-order valence-corrected chi connectivity index (χ1v) is 19.2. The van der Waals surface area contributed by atoms with Gasteiger partial charge in [-0.2, -0.15) is 0 Å². The Balaban J connectivity index is 0.000000777.